The van der Waals surface area contributed by atoms with E-state index in [0.29, 0.717) is 5.92 Å². The third kappa shape index (κ3) is 2.35. The number of carbonyl (C=O) groups is 1. The van der Waals surface area contributed by atoms with E-state index < -0.39 is 0 Å². The molecule has 0 N–H and O–H groups in total. The molecule has 21 heavy (non-hydrogen) atoms. The number of hydrogen-bond acceptors (Lipinski definition) is 1. The first-order valence-corrected chi connectivity index (χ1v) is 7.63. The third-order valence-corrected chi connectivity index (χ3v) is 4.37. The fraction of sp³-hybridized carbons (Fsp3) is 0.316. The standard InChI is InChI=1S/C19H21NO/c1-4-13(2)12-20-18-8-6-5-7-16(18)17-11-15(14(3)21)9-10-19(17)20/h5-11,13H,4,12H2,1-3H3. The molecule has 2 aromatic carbocycles. The highest BCUT2D eigenvalue weighted by atomic mass is 16.1. The summed E-state index contributed by atoms with van der Waals surface area (Å²) in [5.41, 5.74) is 3.27. The van der Waals surface area contributed by atoms with Crippen LogP contribution in [0.2, 0.25) is 0 Å². The van der Waals surface area contributed by atoms with Crippen molar-refractivity contribution in [2.75, 3.05) is 0 Å². The monoisotopic (exact) mass is 279 g/mol. The predicted octanol–water partition coefficient (Wildman–Crippen LogP) is 5.04. The molecule has 1 atom stereocenters. The van der Waals surface area contributed by atoms with Crippen LogP contribution in [0.4, 0.5) is 0 Å². The molecule has 3 rings (SSSR count). The van der Waals surface area contributed by atoms with Crippen molar-refractivity contribution in [1.29, 1.82) is 0 Å². The molecule has 0 spiro atoms. The second kappa shape index (κ2) is 5.36. The van der Waals surface area contributed by atoms with Gasteiger partial charge < -0.3 is 4.57 Å². The van der Waals surface area contributed by atoms with E-state index in [2.05, 4.69) is 48.7 Å². The van der Waals surface area contributed by atoms with E-state index in [1.54, 1.807) is 6.92 Å². The van der Waals surface area contributed by atoms with E-state index in [1.807, 2.05) is 12.1 Å². The summed E-state index contributed by atoms with van der Waals surface area (Å²) in [6, 6.07) is 14.5. The van der Waals surface area contributed by atoms with Gasteiger partial charge in [0.1, 0.15) is 0 Å². The highest BCUT2D eigenvalue weighted by Gasteiger charge is 2.13. The number of para-hydroxylation sites is 1. The first-order chi connectivity index (χ1) is 10.1. The maximum absolute atomic E-state index is 11.6. The zero-order chi connectivity index (χ0) is 15.0. The first kappa shape index (κ1) is 13.9. The third-order valence-electron chi connectivity index (χ3n) is 4.37. The summed E-state index contributed by atoms with van der Waals surface area (Å²) < 4.78 is 2.39. The molecule has 1 heterocycles. The molecule has 0 amide bonds. The Morgan fingerprint density at radius 1 is 1.10 bits per heavy atom. The lowest BCUT2D eigenvalue weighted by atomic mass is 10.1. The Morgan fingerprint density at radius 2 is 1.81 bits per heavy atom. The SMILES string of the molecule is CCC(C)Cn1c2ccccc2c2cc(C(C)=O)ccc21. The van der Waals surface area contributed by atoms with Gasteiger partial charge in [-0.1, -0.05) is 38.5 Å². The molecule has 0 radical (unpaired) electrons. The van der Waals surface area contributed by atoms with Crippen LogP contribution in [0.1, 0.15) is 37.6 Å². The van der Waals surface area contributed by atoms with Crippen LogP contribution in [0.25, 0.3) is 21.8 Å². The van der Waals surface area contributed by atoms with Gasteiger partial charge in [0.2, 0.25) is 0 Å². The molecule has 0 fully saturated rings. The zero-order valence-corrected chi connectivity index (χ0v) is 12.9. The van der Waals surface area contributed by atoms with Crippen LogP contribution < -0.4 is 0 Å². The van der Waals surface area contributed by atoms with Crippen LogP contribution in [0, 0.1) is 5.92 Å². The quantitative estimate of drug-likeness (QED) is 0.613. The van der Waals surface area contributed by atoms with Crippen molar-refractivity contribution in [3.63, 3.8) is 0 Å². The summed E-state index contributed by atoms with van der Waals surface area (Å²) >= 11 is 0. The number of rotatable bonds is 4. The van der Waals surface area contributed by atoms with E-state index in [0.717, 1.165) is 12.1 Å². The molecule has 1 unspecified atom stereocenters. The van der Waals surface area contributed by atoms with Gasteiger partial charge in [-0.3, -0.25) is 4.79 Å². The Bertz CT molecular complexity index is 813. The van der Waals surface area contributed by atoms with Gasteiger partial charge in [0, 0.05) is 33.9 Å². The van der Waals surface area contributed by atoms with Crippen molar-refractivity contribution in [2.45, 2.75) is 33.7 Å². The minimum Gasteiger partial charge on any atom is -0.340 e. The number of carbonyl (C=O) groups excluding carboxylic acids is 1. The number of ketones is 1. The second-order valence-corrected chi connectivity index (χ2v) is 5.93. The van der Waals surface area contributed by atoms with Crippen LogP contribution in [-0.4, -0.2) is 10.4 Å². The van der Waals surface area contributed by atoms with Crippen molar-refractivity contribution in [3.8, 4) is 0 Å². The van der Waals surface area contributed by atoms with E-state index in [9.17, 15) is 4.79 Å². The minimum absolute atomic E-state index is 0.121. The van der Waals surface area contributed by atoms with Crippen LogP contribution in [0.5, 0.6) is 0 Å². The Labute approximate surface area is 125 Å². The predicted molar refractivity (Wildman–Crippen MR) is 88.9 cm³/mol. The zero-order valence-electron chi connectivity index (χ0n) is 12.9. The highest BCUT2D eigenvalue weighted by molar-refractivity contribution is 6.10. The van der Waals surface area contributed by atoms with Crippen molar-refractivity contribution in [1.82, 2.24) is 4.57 Å². The highest BCUT2D eigenvalue weighted by Crippen LogP contribution is 2.30. The number of fused-ring (bicyclic) bond motifs is 3. The Balaban J connectivity index is 2.31. The first-order valence-electron chi connectivity index (χ1n) is 7.63. The molecule has 1 aromatic heterocycles. The minimum atomic E-state index is 0.121. The molecule has 2 heteroatoms. The number of hydrogen-bond donors (Lipinski definition) is 0. The van der Waals surface area contributed by atoms with Gasteiger partial charge in [-0.2, -0.15) is 0 Å². The van der Waals surface area contributed by atoms with Crippen molar-refractivity contribution >= 4 is 27.6 Å². The van der Waals surface area contributed by atoms with Crippen LogP contribution in [0.15, 0.2) is 42.5 Å². The average molecular weight is 279 g/mol. The number of nitrogens with zero attached hydrogens (tertiary/aromatic N) is 1. The van der Waals surface area contributed by atoms with Gasteiger partial charge in [-0.15, -0.1) is 0 Å². The van der Waals surface area contributed by atoms with Crippen LogP contribution >= 0.6 is 0 Å². The summed E-state index contributed by atoms with van der Waals surface area (Å²) in [6.45, 7) is 7.15. The van der Waals surface area contributed by atoms with Crippen molar-refractivity contribution in [2.24, 2.45) is 5.92 Å². The van der Waals surface area contributed by atoms with Crippen molar-refractivity contribution in [3.05, 3.63) is 48.0 Å². The van der Waals surface area contributed by atoms with Crippen LogP contribution in [0.3, 0.4) is 0 Å². The molecule has 0 aliphatic rings. The summed E-state index contributed by atoms with van der Waals surface area (Å²) in [5, 5.41) is 2.42. The lowest BCUT2D eigenvalue weighted by Crippen LogP contribution is -2.06. The Morgan fingerprint density at radius 3 is 2.52 bits per heavy atom. The maximum Gasteiger partial charge on any atom is 0.159 e. The van der Waals surface area contributed by atoms with E-state index in [1.165, 1.54) is 28.2 Å². The van der Waals surface area contributed by atoms with Gasteiger partial charge in [-0.25, -0.2) is 0 Å². The molecule has 3 aromatic rings. The maximum atomic E-state index is 11.6. The number of Topliss-reactive ketones (excluding diaryl/α,β-unsaturated/α-hetero) is 1. The average Bonchev–Trinajstić information content (AvgIpc) is 2.81. The Kier molecular flexibility index (Phi) is 3.54. The fourth-order valence-electron chi connectivity index (χ4n) is 2.91. The molecular weight excluding hydrogens is 258 g/mol. The molecule has 0 saturated carbocycles. The summed E-state index contributed by atoms with van der Waals surface area (Å²) in [5.74, 6) is 0.757. The lowest BCUT2D eigenvalue weighted by Gasteiger charge is -2.12. The van der Waals surface area contributed by atoms with Gasteiger partial charge in [0.15, 0.2) is 5.78 Å². The smallest absolute Gasteiger partial charge is 0.159 e. The van der Waals surface area contributed by atoms with Gasteiger partial charge in [-0.05, 0) is 37.1 Å². The van der Waals surface area contributed by atoms with Gasteiger partial charge >= 0.3 is 0 Å². The van der Waals surface area contributed by atoms with E-state index in [4.69, 9.17) is 0 Å². The van der Waals surface area contributed by atoms with E-state index >= 15 is 0 Å². The fourth-order valence-corrected chi connectivity index (χ4v) is 2.91. The molecule has 2 nitrogen and oxygen atoms in total. The topological polar surface area (TPSA) is 22.0 Å². The summed E-state index contributed by atoms with van der Waals surface area (Å²) in [4.78, 5) is 11.6. The number of benzene rings is 2. The van der Waals surface area contributed by atoms with E-state index in [-0.39, 0.29) is 5.78 Å². The molecule has 108 valence electrons. The summed E-state index contributed by atoms with van der Waals surface area (Å²) in [7, 11) is 0. The summed E-state index contributed by atoms with van der Waals surface area (Å²) in [6.07, 6.45) is 1.17. The van der Waals surface area contributed by atoms with Gasteiger partial charge in [0.05, 0.1) is 0 Å². The number of aromatic nitrogens is 1. The molecule has 0 bridgehead atoms. The van der Waals surface area contributed by atoms with Crippen LogP contribution in [-0.2, 0) is 6.54 Å². The molecular formula is C19H21NO. The van der Waals surface area contributed by atoms with Gasteiger partial charge in [0.25, 0.3) is 0 Å². The molecule has 0 aliphatic heterocycles. The molecule has 0 aliphatic carbocycles. The lowest BCUT2D eigenvalue weighted by molar-refractivity contribution is 0.101. The molecule has 0 saturated heterocycles. The van der Waals surface area contributed by atoms with Crippen molar-refractivity contribution < 1.29 is 4.79 Å². The second-order valence-electron chi connectivity index (χ2n) is 5.93. The Hall–Kier alpha value is -2.09. The largest absolute Gasteiger partial charge is 0.340 e. The normalized spacial score (nSPS) is 12.9.